The van der Waals surface area contributed by atoms with Crippen molar-refractivity contribution in [3.8, 4) is 0 Å². The number of methoxy groups -OCH3 is 1. The zero-order valence-corrected chi connectivity index (χ0v) is 12.0. The normalized spacial score (nSPS) is 11.3. The lowest BCUT2D eigenvalue weighted by Gasteiger charge is -2.23. The molecule has 0 radical (unpaired) electrons. The van der Waals surface area contributed by atoms with Crippen molar-refractivity contribution in [3.63, 3.8) is 0 Å². The minimum Gasteiger partial charge on any atom is -0.469 e. The van der Waals surface area contributed by atoms with E-state index in [1.54, 1.807) is 0 Å². The third-order valence-electron chi connectivity index (χ3n) is 2.56. The van der Waals surface area contributed by atoms with E-state index in [1.807, 2.05) is 0 Å². The molecule has 0 amide bonds. The number of halogens is 4. The number of alkyl halides is 3. The molecule has 1 aromatic carbocycles. The minimum absolute atomic E-state index is 0.0192. The fourth-order valence-electron chi connectivity index (χ4n) is 1.54. The monoisotopic (exact) mass is 339 g/mol. The van der Waals surface area contributed by atoms with Crippen molar-refractivity contribution < 1.29 is 22.7 Å². The van der Waals surface area contributed by atoms with Crippen LogP contribution >= 0.6 is 15.9 Å². The van der Waals surface area contributed by atoms with Gasteiger partial charge in [0.2, 0.25) is 0 Å². The van der Waals surface area contributed by atoms with Gasteiger partial charge in [-0.15, -0.1) is 0 Å². The van der Waals surface area contributed by atoms with Crippen LogP contribution in [0.5, 0.6) is 0 Å². The number of esters is 1. The third kappa shape index (κ3) is 4.41. The van der Waals surface area contributed by atoms with Gasteiger partial charge in [-0.3, -0.25) is 4.79 Å². The van der Waals surface area contributed by atoms with Gasteiger partial charge in [-0.05, 0) is 18.2 Å². The highest BCUT2D eigenvalue weighted by atomic mass is 79.9. The molecule has 1 aromatic rings. The van der Waals surface area contributed by atoms with Gasteiger partial charge in [0.25, 0.3) is 0 Å². The number of carbonyl (C=O) groups is 1. The summed E-state index contributed by atoms with van der Waals surface area (Å²) in [6.45, 7) is 0.145. The van der Waals surface area contributed by atoms with E-state index in [4.69, 9.17) is 0 Å². The average Bonchev–Trinajstić information content (AvgIpc) is 2.33. The first-order chi connectivity index (χ1) is 8.75. The molecular formula is C12H13BrF3NO2. The zero-order chi connectivity index (χ0) is 14.6. The number of hydrogen-bond donors (Lipinski definition) is 0. The Kier molecular flexibility index (Phi) is 5.22. The molecule has 0 heterocycles. The van der Waals surface area contributed by atoms with Gasteiger partial charge in [0.05, 0.1) is 19.1 Å². The maximum absolute atomic E-state index is 12.9. The van der Waals surface area contributed by atoms with Crippen molar-refractivity contribution in [1.29, 1.82) is 0 Å². The molecule has 19 heavy (non-hydrogen) atoms. The van der Waals surface area contributed by atoms with Gasteiger partial charge >= 0.3 is 12.1 Å². The molecule has 0 N–H and O–H groups in total. The second-order valence-electron chi connectivity index (χ2n) is 3.91. The van der Waals surface area contributed by atoms with Gasteiger partial charge in [0.1, 0.15) is 0 Å². The van der Waals surface area contributed by atoms with Crippen LogP contribution in [0.2, 0.25) is 0 Å². The molecule has 0 saturated heterocycles. The van der Waals surface area contributed by atoms with Gasteiger partial charge in [0.15, 0.2) is 0 Å². The molecule has 0 fully saturated rings. The van der Waals surface area contributed by atoms with Crippen molar-refractivity contribution in [2.24, 2.45) is 0 Å². The molecule has 1 rings (SSSR count). The molecule has 0 aliphatic rings. The van der Waals surface area contributed by atoms with Crippen molar-refractivity contribution in [3.05, 3.63) is 28.2 Å². The Hall–Kier alpha value is -1.24. The van der Waals surface area contributed by atoms with Crippen LogP contribution in [0.25, 0.3) is 0 Å². The summed E-state index contributed by atoms with van der Waals surface area (Å²) in [6.07, 6.45) is -4.41. The summed E-state index contributed by atoms with van der Waals surface area (Å²) < 4.78 is 43.6. The van der Waals surface area contributed by atoms with E-state index in [9.17, 15) is 18.0 Å². The highest BCUT2D eigenvalue weighted by Crippen LogP contribution is 2.37. The molecule has 106 valence electrons. The standard InChI is InChI=1S/C12H13BrF3NO2/c1-17(6-5-11(18)19-2)10-7-8(13)3-4-9(10)12(14,15)16/h3-4,7H,5-6H2,1-2H3. The van der Waals surface area contributed by atoms with E-state index in [-0.39, 0.29) is 18.7 Å². The fourth-order valence-corrected chi connectivity index (χ4v) is 1.89. The van der Waals surface area contributed by atoms with E-state index in [1.165, 1.54) is 31.2 Å². The third-order valence-corrected chi connectivity index (χ3v) is 3.05. The summed E-state index contributed by atoms with van der Waals surface area (Å²) in [6, 6.07) is 3.72. The largest absolute Gasteiger partial charge is 0.469 e. The van der Waals surface area contributed by atoms with Gasteiger partial charge in [-0.25, -0.2) is 0 Å². The van der Waals surface area contributed by atoms with Crippen LogP contribution in [0.15, 0.2) is 22.7 Å². The molecule has 0 atom stereocenters. The van der Waals surface area contributed by atoms with Crippen molar-refractivity contribution in [2.45, 2.75) is 12.6 Å². The molecule has 0 aromatic heterocycles. The molecular weight excluding hydrogens is 327 g/mol. The topological polar surface area (TPSA) is 29.5 Å². The maximum atomic E-state index is 12.9. The summed E-state index contributed by atoms with van der Waals surface area (Å²) in [5.41, 5.74) is -0.714. The lowest BCUT2D eigenvalue weighted by Crippen LogP contribution is -2.24. The van der Waals surface area contributed by atoms with Crippen LogP contribution in [0.1, 0.15) is 12.0 Å². The molecule has 0 bridgehead atoms. The summed E-state index contributed by atoms with van der Waals surface area (Å²) in [4.78, 5) is 12.4. The quantitative estimate of drug-likeness (QED) is 0.786. The predicted molar refractivity (Wildman–Crippen MR) is 69.0 cm³/mol. The summed E-state index contributed by atoms with van der Waals surface area (Å²) in [7, 11) is 2.74. The molecule has 0 spiro atoms. The predicted octanol–water partition coefficient (Wildman–Crippen LogP) is 3.47. The van der Waals surface area contributed by atoms with Gasteiger partial charge in [-0.1, -0.05) is 15.9 Å². The lowest BCUT2D eigenvalue weighted by atomic mass is 10.1. The van der Waals surface area contributed by atoms with Gasteiger partial charge in [-0.2, -0.15) is 13.2 Å². The molecule has 7 heteroatoms. The highest BCUT2D eigenvalue weighted by Gasteiger charge is 2.34. The first-order valence-electron chi connectivity index (χ1n) is 5.40. The van der Waals surface area contributed by atoms with Crippen LogP contribution in [-0.4, -0.2) is 26.7 Å². The Balaban J connectivity index is 2.97. The van der Waals surface area contributed by atoms with Crippen molar-refractivity contribution in [2.75, 3.05) is 25.6 Å². The van der Waals surface area contributed by atoms with Crippen LogP contribution in [0.3, 0.4) is 0 Å². The first kappa shape index (κ1) is 15.8. The molecule has 0 aliphatic carbocycles. The van der Waals surface area contributed by atoms with E-state index < -0.39 is 17.7 Å². The Morgan fingerprint density at radius 3 is 2.58 bits per heavy atom. The minimum atomic E-state index is -4.43. The molecule has 0 saturated carbocycles. The number of rotatable bonds is 4. The summed E-state index contributed by atoms with van der Waals surface area (Å²) in [5.74, 6) is -0.463. The van der Waals surface area contributed by atoms with Crippen molar-refractivity contribution in [1.82, 2.24) is 0 Å². The van der Waals surface area contributed by atoms with E-state index >= 15 is 0 Å². The van der Waals surface area contributed by atoms with E-state index in [0.29, 0.717) is 4.47 Å². The number of hydrogen-bond acceptors (Lipinski definition) is 3. The van der Waals surface area contributed by atoms with Crippen LogP contribution in [-0.2, 0) is 15.7 Å². The fraction of sp³-hybridized carbons (Fsp3) is 0.417. The Morgan fingerprint density at radius 2 is 2.05 bits per heavy atom. The summed E-state index contributed by atoms with van der Waals surface area (Å²) >= 11 is 3.14. The Bertz CT molecular complexity index is 463. The number of anilines is 1. The van der Waals surface area contributed by atoms with Gasteiger partial charge in [0, 0.05) is 23.8 Å². The average molecular weight is 340 g/mol. The smallest absolute Gasteiger partial charge is 0.418 e. The number of carbonyl (C=O) groups excluding carboxylic acids is 1. The Morgan fingerprint density at radius 1 is 1.42 bits per heavy atom. The number of ether oxygens (including phenoxy) is 1. The summed E-state index contributed by atoms with van der Waals surface area (Å²) in [5, 5.41) is 0. The van der Waals surface area contributed by atoms with Crippen LogP contribution in [0, 0.1) is 0 Å². The van der Waals surface area contributed by atoms with E-state index in [2.05, 4.69) is 20.7 Å². The first-order valence-corrected chi connectivity index (χ1v) is 6.19. The zero-order valence-electron chi connectivity index (χ0n) is 10.4. The lowest BCUT2D eigenvalue weighted by molar-refractivity contribution is -0.140. The second-order valence-corrected chi connectivity index (χ2v) is 4.82. The Labute approximate surface area is 117 Å². The van der Waals surface area contributed by atoms with E-state index in [0.717, 1.165) is 6.07 Å². The van der Waals surface area contributed by atoms with Crippen LogP contribution in [0.4, 0.5) is 18.9 Å². The number of nitrogens with zero attached hydrogens (tertiary/aromatic N) is 1. The van der Waals surface area contributed by atoms with Gasteiger partial charge < -0.3 is 9.64 Å². The molecule has 0 unspecified atom stereocenters. The molecule has 0 aliphatic heterocycles. The van der Waals surface area contributed by atoms with Crippen LogP contribution < -0.4 is 4.90 Å². The highest BCUT2D eigenvalue weighted by molar-refractivity contribution is 9.10. The van der Waals surface area contributed by atoms with Crippen molar-refractivity contribution >= 4 is 27.6 Å². The number of benzene rings is 1. The SMILES string of the molecule is COC(=O)CCN(C)c1cc(Br)ccc1C(F)(F)F. The maximum Gasteiger partial charge on any atom is 0.418 e. The molecule has 3 nitrogen and oxygen atoms in total. The second kappa shape index (κ2) is 6.27.